The molecule has 1 aliphatic heterocycles. The Bertz CT molecular complexity index is 996. The van der Waals surface area contributed by atoms with E-state index in [1.807, 2.05) is 0 Å². The number of nitrogens with zero attached hydrogens (tertiary/aromatic N) is 1. The maximum Gasteiger partial charge on any atom is 0.127 e. The van der Waals surface area contributed by atoms with E-state index in [1.165, 1.54) is 52.3 Å². The molecular formula is C24H24BrNO. The molecule has 0 saturated heterocycles. The molecule has 3 aromatic rings. The van der Waals surface area contributed by atoms with Crippen LogP contribution in [0.3, 0.4) is 0 Å². The summed E-state index contributed by atoms with van der Waals surface area (Å²) in [6.45, 7) is 4.88. The first-order valence-corrected chi connectivity index (χ1v) is 10.6. The van der Waals surface area contributed by atoms with Crippen molar-refractivity contribution in [3.63, 3.8) is 0 Å². The summed E-state index contributed by atoms with van der Waals surface area (Å²) >= 11 is 3.62. The average molecular weight is 422 g/mol. The fraction of sp³-hybridized carbons (Fsp3) is 0.333. The molecule has 0 N–H and O–H groups in total. The summed E-state index contributed by atoms with van der Waals surface area (Å²) in [6.07, 6.45) is 4.11. The number of rotatable bonds is 4. The topological polar surface area (TPSA) is 12.5 Å². The zero-order chi connectivity index (χ0) is 18.4. The Hall–Kier alpha value is -1.84. The van der Waals surface area contributed by atoms with Crippen molar-refractivity contribution < 1.29 is 4.74 Å². The molecule has 138 valence electrons. The third kappa shape index (κ3) is 3.07. The Morgan fingerprint density at radius 3 is 2.56 bits per heavy atom. The highest BCUT2D eigenvalue weighted by molar-refractivity contribution is 9.10. The lowest BCUT2D eigenvalue weighted by molar-refractivity contribution is 0.109. The summed E-state index contributed by atoms with van der Waals surface area (Å²) in [7, 11) is 0. The van der Waals surface area contributed by atoms with Gasteiger partial charge in [0, 0.05) is 29.0 Å². The van der Waals surface area contributed by atoms with Crippen molar-refractivity contribution in [1.29, 1.82) is 0 Å². The zero-order valence-corrected chi connectivity index (χ0v) is 17.3. The van der Waals surface area contributed by atoms with Crippen molar-refractivity contribution >= 4 is 26.7 Å². The minimum Gasteiger partial charge on any atom is -0.488 e. The Balaban J connectivity index is 1.46. The summed E-state index contributed by atoms with van der Waals surface area (Å²) in [6, 6.07) is 18.2. The van der Waals surface area contributed by atoms with Crippen LogP contribution in [0.2, 0.25) is 0 Å². The first kappa shape index (κ1) is 17.3. The van der Waals surface area contributed by atoms with E-state index in [9.17, 15) is 0 Å². The van der Waals surface area contributed by atoms with Gasteiger partial charge in [-0.3, -0.25) is 4.90 Å². The van der Waals surface area contributed by atoms with Crippen LogP contribution >= 0.6 is 15.9 Å². The zero-order valence-electron chi connectivity index (χ0n) is 15.7. The van der Waals surface area contributed by atoms with Crippen LogP contribution in [0.15, 0.2) is 53.0 Å². The molecule has 0 aromatic heterocycles. The molecule has 1 heterocycles. The molecule has 3 heteroatoms. The lowest BCUT2D eigenvalue weighted by atomic mass is 9.87. The number of hydrogen-bond donors (Lipinski definition) is 0. The highest BCUT2D eigenvalue weighted by atomic mass is 79.9. The third-order valence-corrected chi connectivity index (χ3v) is 7.13. The second-order valence-corrected chi connectivity index (χ2v) is 8.72. The van der Waals surface area contributed by atoms with Gasteiger partial charge in [-0.15, -0.1) is 0 Å². The van der Waals surface area contributed by atoms with Crippen LogP contribution < -0.4 is 4.74 Å². The minimum atomic E-state index is 0.595. The largest absolute Gasteiger partial charge is 0.488 e. The molecule has 1 saturated carbocycles. The second kappa shape index (κ2) is 6.96. The van der Waals surface area contributed by atoms with Crippen molar-refractivity contribution in [3.8, 4) is 5.75 Å². The van der Waals surface area contributed by atoms with Crippen molar-refractivity contribution in [1.82, 2.24) is 4.90 Å². The third-order valence-electron chi connectivity index (χ3n) is 6.27. The van der Waals surface area contributed by atoms with Gasteiger partial charge >= 0.3 is 0 Å². The lowest BCUT2D eigenvalue weighted by Gasteiger charge is -2.40. The van der Waals surface area contributed by atoms with Crippen molar-refractivity contribution in [2.24, 2.45) is 0 Å². The number of hydrogen-bond acceptors (Lipinski definition) is 2. The normalized spacial score (nSPS) is 17.1. The smallest absolute Gasteiger partial charge is 0.127 e. The second-order valence-electron chi connectivity index (χ2n) is 7.86. The SMILES string of the molecule is Cc1c(Br)cccc1COc1ccc2c3c(cccc13)CN(C1CCC1)C2. The van der Waals surface area contributed by atoms with Gasteiger partial charge < -0.3 is 4.74 Å². The number of halogens is 1. The van der Waals surface area contributed by atoms with E-state index >= 15 is 0 Å². The van der Waals surface area contributed by atoms with Crippen LogP contribution in [0.1, 0.15) is 41.5 Å². The predicted octanol–water partition coefficient (Wildman–Crippen LogP) is 6.36. The minimum absolute atomic E-state index is 0.595. The molecule has 5 rings (SSSR count). The highest BCUT2D eigenvalue weighted by Gasteiger charge is 2.29. The highest BCUT2D eigenvalue weighted by Crippen LogP contribution is 2.38. The molecule has 0 unspecified atom stereocenters. The van der Waals surface area contributed by atoms with Gasteiger partial charge in [-0.1, -0.05) is 58.7 Å². The molecule has 0 radical (unpaired) electrons. The predicted molar refractivity (Wildman–Crippen MR) is 114 cm³/mol. The monoisotopic (exact) mass is 421 g/mol. The van der Waals surface area contributed by atoms with Gasteiger partial charge in [-0.25, -0.2) is 0 Å². The Morgan fingerprint density at radius 1 is 1.00 bits per heavy atom. The van der Waals surface area contributed by atoms with Gasteiger partial charge in [0.2, 0.25) is 0 Å². The molecule has 1 fully saturated rings. The summed E-state index contributed by atoms with van der Waals surface area (Å²) in [5.41, 5.74) is 5.37. The van der Waals surface area contributed by atoms with Gasteiger partial charge in [-0.2, -0.15) is 0 Å². The molecule has 0 atom stereocenters. The van der Waals surface area contributed by atoms with Gasteiger partial charge in [0.15, 0.2) is 0 Å². The van der Waals surface area contributed by atoms with Crippen molar-refractivity contribution in [2.75, 3.05) is 0 Å². The van der Waals surface area contributed by atoms with Crippen LogP contribution in [0.25, 0.3) is 10.8 Å². The van der Waals surface area contributed by atoms with Gasteiger partial charge in [0.25, 0.3) is 0 Å². The number of benzene rings is 3. The molecule has 27 heavy (non-hydrogen) atoms. The summed E-state index contributed by atoms with van der Waals surface area (Å²) in [4.78, 5) is 2.66. The molecule has 0 spiro atoms. The Kier molecular flexibility index (Phi) is 4.45. The number of ether oxygens (including phenoxy) is 1. The summed E-state index contributed by atoms with van der Waals surface area (Å²) in [5, 5.41) is 2.67. The van der Waals surface area contributed by atoms with E-state index in [2.05, 4.69) is 76.3 Å². The molecule has 0 bridgehead atoms. The van der Waals surface area contributed by atoms with E-state index in [1.54, 1.807) is 0 Å². The fourth-order valence-electron chi connectivity index (χ4n) is 4.39. The molecule has 2 aliphatic rings. The first-order valence-electron chi connectivity index (χ1n) is 9.85. The summed E-state index contributed by atoms with van der Waals surface area (Å²) < 4.78 is 7.43. The molecule has 3 aromatic carbocycles. The molecule has 2 nitrogen and oxygen atoms in total. The molecular weight excluding hydrogens is 398 g/mol. The van der Waals surface area contributed by atoms with E-state index in [0.717, 1.165) is 29.4 Å². The van der Waals surface area contributed by atoms with E-state index in [-0.39, 0.29) is 0 Å². The standard InChI is InChI=1S/C24H24BrNO/c1-16-19(6-3-10-22(16)25)15-27-23-12-11-18-14-26(20-7-4-8-20)13-17-5-2-9-21(23)24(17)18/h2-3,5-6,9-12,20H,4,7-8,13-15H2,1H3. The van der Waals surface area contributed by atoms with E-state index in [4.69, 9.17) is 4.74 Å². The summed E-state index contributed by atoms with van der Waals surface area (Å²) in [5.74, 6) is 0.993. The first-order chi connectivity index (χ1) is 13.2. The van der Waals surface area contributed by atoms with Crippen LogP contribution in [0, 0.1) is 6.92 Å². The van der Waals surface area contributed by atoms with Gasteiger partial charge in [0.05, 0.1) is 0 Å². The van der Waals surface area contributed by atoms with Crippen LogP contribution in [0.4, 0.5) is 0 Å². The van der Waals surface area contributed by atoms with E-state index in [0.29, 0.717) is 6.61 Å². The molecule has 1 aliphatic carbocycles. The van der Waals surface area contributed by atoms with Crippen molar-refractivity contribution in [2.45, 2.75) is 51.9 Å². The van der Waals surface area contributed by atoms with Crippen LogP contribution in [-0.4, -0.2) is 10.9 Å². The lowest BCUT2D eigenvalue weighted by Crippen LogP contribution is -2.40. The quantitative estimate of drug-likeness (QED) is 0.485. The Labute approximate surface area is 169 Å². The molecule has 0 amide bonds. The maximum absolute atomic E-state index is 6.29. The van der Waals surface area contributed by atoms with Gasteiger partial charge in [0.1, 0.15) is 12.4 Å². The van der Waals surface area contributed by atoms with E-state index < -0.39 is 0 Å². The fourth-order valence-corrected chi connectivity index (χ4v) is 4.80. The maximum atomic E-state index is 6.29. The van der Waals surface area contributed by atoms with Crippen LogP contribution in [-0.2, 0) is 19.7 Å². The van der Waals surface area contributed by atoms with Crippen molar-refractivity contribution in [3.05, 3.63) is 75.3 Å². The van der Waals surface area contributed by atoms with Crippen LogP contribution in [0.5, 0.6) is 5.75 Å². The average Bonchev–Trinajstić information content (AvgIpc) is 2.63. The van der Waals surface area contributed by atoms with Gasteiger partial charge in [-0.05, 0) is 59.5 Å². The Morgan fingerprint density at radius 2 is 1.78 bits per heavy atom.